The van der Waals surface area contributed by atoms with Crippen LogP contribution in [0.5, 0.6) is 0 Å². The number of hydrogen-bond donors (Lipinski definition) is 3. The summed E-state index contributed by atoms with van der Waals surface area (Å²) >= 11 is 0. The summed E-state index contributed by atoms with van der Waals surface area (Å²) in [6, 6.07) is 8.83. The minimum Gasteiger partial charge on any atom is -0.481 e. The SMILES string of the molecule is CC(C)(C(=O)O)C(O)Nc1c([N+](=O)[O-])cnc2c1ccn2S(=O)(=O)c1ccccc1. The molecule has 2 heterocycles. The van der Waals surface area contributed by atoms with Crippen molar-refractivity contribution in [1.29, 1.82) is 0 Å². The number of pyridine rings is 1. The Morgan fingerprint density at radius 3 is 2.47 bits per heavy atom. The minimum atomic E-state index is -4.04. The Kier molecular flexibility index (Phi) is 5.22. The molecule has 1 unspecified atom stereocenters. The molecule has 0 amide bonds. The molecule has 0 bridgehead atoms. The van der Waals surface area contributed by atoms with Crippen molar-refractivity contribution in [3.8, 4) is 0 Å². The molecule has 2 aromatic heterocycles. The number of nitrogens with one attached hydrogen (secondary N) is 1. The number of carbonyl (C=O) groups is 1. The molecular formula is C18H18N4O7S. The number of fused-ring (bicyclic) bond motifs is 1. The summed E-state index contributed by atoms with van der Waals surface area (Å²) in [4.78, 5) is 26.0. The summed E-state index contributed by atoms with van der Waals surface area (Å²) in [5.74, 6) is -1.33. The molecule has 11 nitrogen and oxygen atoms in total. The van der Waals surface area contributed by atoms with E-state index in [1.165, 1.54) is 38.2 Å². The van der Waals surface area contributed by atoms with Crippen molar-refractivity contribution in [2.24, 2.45) is 5.41 Å². The van der Waals surface area contributed by atoms with Gasteiger partial charge in [-0.25, -0.2) is 17.4 Å². The first-order valence-electron chi connectivity index (χ1n) is 8.61. The minimum absolute atomic E-state index is 0.00999. The molecule has 158 valence electrons. The first kappa shape index (κ1) is 21.2. The summed E-state index contributed by atoms with van der Waals surface area (Å²) in [6.07, 6.45) is 0.319. The molecule has 12 heteroatoms. The highest BCUT2D eigenvalue weighted by atomic mass is 32.2. The van der Waals surface area contributed by atoms with Gasteiger partial charge in [0.25, 0.3) is 10.0 Å². The number of carboxylic acids is 1. The van der Waals surface area contributed by atoms with Gasteiger partial charge in [-0.05, 0) is 32.0 Å². The quantitative estimate of drug-likeness (QED) is 0.286. The van der Waals surface area contributed by atoms with E-state index < -0.39 is 38.2 Å². The monoisotopic (exact) mass is 434 g/mol. The van der Waals surface area contributed by atoms with Crippen LogP contribution in [0.3, 0.4) is 0 Å². The van der Waals surface area contributed by atoms with Crippen LogP contribution in [0.25, 0.3) is 11.0 Å². The molecule has 1 atom stereocenters. The lowest BCUT2D eigenvalue weighted by Crippen LogP contribution is -2.42. The standard InChI is InChI=1S/C18H18N4O7S/c1-18(2,17(24)25)16(23)20-14-12-8-9-21(15(12)19-10-13(14)22(26)27)30(28,29)11-6-4-3-5-7-11/h3-10,16,23H,1-2H3,(H,19,20)(H,24,25). The lowest BCUT2D eigenvalue weighted by Gasteiger charge is -2.27. The summed E-state index contributed by atoms with van der Waals surface area (Å²) in [5.41, 5.74) is -2.60. The van der Waals surface area contributed by atoms with Crippen LogP contribution in [0.4, 0.5) is 11.4 Å². The highest BCUT2D eigenvalue weighted by molar-refractivity contribution is 7.90. The van der Waals surface area contributed by atoms with Crippen molar-refractivity contribution in [2.45, 2.75) is 25.0 Å². The Bertz CT molecular complexity index is 1240. The molecule has 0 aliphatic rings. The van der Waals surface area contributed by atoms with Gasteiger partial charge >= 0.3 is 11.7 Å². The first-order chi connectivity index (χ1) is 14.0. The number of nitro groups is 1. The second-order valence-electron chi connectivity index (χ2n) is 7.02. The van der Waals surface area contributed by atoms with E-state index in [1.54, 1.807) is 18.2 Å². The van der Waals surface area contributed by atoms with Gasteiger partial charge in [0.05, 0.1) is 15.2 Å². The lowest BCUT2D eigenvalue weighted by atomic mass is 9.91. The topological polar surface area (TPSA) is 165 Å². The van der Waals surface area contributed by atoms with Crippen LogP contribution in [-0.4, -0.2) is 44.7 Å². The Hall–Kier alpha value is -3.51. The van der Waals surface area contributed by atoms with Crippen LogP contribution in [0.2, 0.25) is 0 Å². The molecule has 1 aromatic carbocycles. The zero-order valence-corrected chi connectivity index (χ0v) is 16.7. The molecule has 3 rings (SSSR count). The average Bonchev–Trinajstić information content (AvgIpc) is 3.13. The third-order valence-electron chi connectivity index (χ3n) is 4.67. The van der Waals surface area contributed by atoms with Gasteiger partial charge in [0, 0.05) is 6.20 Å². The molecule has 3 aromatic rings. The number of anilines is 1. The second-order valence-corrected chi connectivity index (χ2v) is 8.83. The van der Waals surface area contributed by atoms with Crippen molar-refractivity contribution in [1.82, 2.24) is 8.96 Å². The molecular weight excluding hydrogens is 416 g/mol. The Balaban J connectivity index is 2.19. The third-order valence-corrected chi connectivity index (χ3v) is 6.35. The molecule has 0 fully saturated rings. The fraction of sp³-hybridized carbons (Fsp3) is 0.222. The molecule has 0 aliphatic heterocycles. The van der Waals surface area contributed by atoms with Crippen LogP contribution in [0, 0.1) is 15.5 Å². The fourth-order valence-electron chi connectivity index (χ4n) is 2.68. The number of aliphatic hydroxyl groups excluding tert-OH is 1. The van der Waals surface area contributed by atoms with Gasteiger partial charge in [-0.15, -0.1) is 0 Å². The highest BCUT2D eigenvalue weighted by Crippen LogP contribution is 2.35. The molecule has 0 saturated carbocycles. The zero-order valence-electron chi connectivity index (χ0n) is 15.9. The number of hydrogen-bond acceptors (Lipinski definition) is 8. The molecule has 0 aliphatic carbocycles. The summed E-state index contributed by atoms with van der Waals surface area (Å²) in [6.45, 7) is 2.48. The zero-order chi connectivity index (χ0) is 22.3. The number of aromatic nitrogens is 2. The van der Waals surface area contributed by atoms with Crippen LogP contribution in [0.15, 0.2) is 53.7 Å². The lowest BCUT2D eigenvalue weighted by molar-refractivity contribution is -0.384. The van der Waals surface area contributed by atoms with Crippen LogP contribution in [-0.2, 0) is 14.8 Å². The Morgan fingerprint density at radius 1 is 1.27 bits per heavy atom. The molecule has 0 radical (unpaired) electrons. The molecule has 0 saturated heterocycles. The first-order valence-corrected chi connectivity index (χ1v) is 10.0. The van der Waals surface area contributed by atoms with E-state index in [1.807, 2.05) is 0 Å². The summed E-state index contributed by atoms with van der Waals surface area (Å²) in [7, 11) is -4.04. The second kappa shape index (κ2) is 7.39. The van der Waals surface area contributed by atoms with Gasteiger partial charge in [-0.1, -0.05) is 18.2 Å². The van der Waals surface area contributed by atoms with E-state index in [4.69, 9.17) is 0 Å². The van der Waals surface area contributed by atoms with E-state index in [2.05, 4.69) is 10.3 Å². The smallest absolute Gasteiger partial charge is 0.313 e. The largest absolute Gasteiger partial charge is 0.481 e. The normalized spacial score (nSPS) is 13.2. The van der Waals surface area contributed by atoms with Gasteiger partial charge < -0.3 is 15.5 Å². The highest BCUT2D eigenvalue weighted by Gasteiger charge is 2.37. The summed E-state index contributed by atoms with van der Waals surface area (Å²) in [5, 5.41) is 33.6. The third kappa shape index (κ3) is 3.46. The van der Waals surface area contributed by atoms with E-state index in [0.717, 1.165) is 10.2 Å². The fourth-order valence-corrected chi connectivity index (χ4v) is 4.00. The molecule has 3 N–H and O–H groups in total. The van der Waals surface area contributed by atoms with Gasteiger partial charge in [0.2, 0.25) is 0 Å². The predicted octanol–water partition coefficient (Wildman–Crippen LogP) is 2.02. The van der Waals surface area contributed by atoms with Gasteiger partial charge in [0.15, 0.2) is 5.65 Å². The number of benzene rings is 1. The van der Waals surface area contributed by atoms with E-state index in [0.29, 0.717) is 0 Å². The van der Waals surface area contributed by atoms with Gasteiger partial charge in [-0.3, -0.25) is 14.9 Å². The van der Waals surface area contributed by atoms with Crippen LogP contribution >= 0.6 is 0 Å². The number of nitrogens with zero attached hydrogens (tertiary/aromatic N) is 3. The Morgan fingerprint density at radius 2 is 1.90 bits per heavy atom. The maximum Gasteiger partial charge on any atom is 0.313 e. The van der Waals surface area contributed by atoms with E-state index in [-0.39, 0.29) is 21.6 Å². The molecule has 0 spiro atoms. The van der Waals surface area contributed by atoms with Crippen molar-refractivity contribution >= 4 is 38.4 Å². The van der Waals surface area contributed by atoms with Crippen molar-refractivity contribution < 1.29 is 28.3 Å². The van der Waals surface area contributed by atoms with Crippen molar-refractivity contribution in [2.75, 3.05) is 5.32 Å². The number of aliphatic hydroxyl groups is 1. The Labute approximate surface area is 170 Å². The number of aliphatic carboxylic acids is 1. The predicted molar refractivity (Wildman–Crippen MR) is 106 cm³/mol. The van der Waals surface area contributed by atoms with Crippen LogP contribution in [0.1, 0.15) is 13.8 Å². The maximum atomic E-state index is 13.0. The number of rotatable bonds is 7. The van der Waals surface area contributed by atoms with Gasteiger partial charge in [0.1, 0.15) is 23.5 Å². The van der Waals surface area contributed by atoms with Crippen molar-refractivity contribution in [3.05, 3.63) is 58.9 Å². The summed E-state index contributed by atoms with van der Waals surface area (Å²) < 4.78 is 26.8. The maximum absolute atomic E-state index is 13.0. The van der Waals surface area contributed by atoms with Crippen molar-refractivity contribution in [3.63, 3.8) is 0 Å². The van der Waals surface area contributed by atoms with Crippen LogP contribution < -0.4 is 5.32 Å². The number of carboxylic acid groups (broad SMARTS) is 1. The average molecular weight is 434 g/mol. The van der Waals surface area contributed by atoms with E-state index >= 15 is 0 Å². The van der Waals surface area contributed by atoms with E-state index in [9.17, 15) is 33.5 Å². The molecule has 30 heavy (non-hydrogen) atoms. The van der Waals surface area contributed by atoms with Gasteiger partial charge in [-0.2, -0.15) is 0 Å².